The molecule has 4 nitrogen and oxygen atoms in total. The summed E-state index contributed by atoms with van der Waals surface area (Å²) in [5, 5.41) is 0. The van der Waals surface area contributed by atoms with E-state index in [-0.39, 0.29) is 5.82 Å². The number of anilines is 1. The largest absolute Gasteiger partial charge is 0.353 e. The van der Waals surface area contributed by atoms with Gasteiger partial charge < -0.3 is 9.80 Å². The Kier molecular flexibility index (Phi) is 4.62. The molecular formula is C17H27FN4. The molecule has 0 N–H and O–H groups in total. The summed E-state index contributed by atoms with van der Waals surface area (Å²) in [6.07, 6.45) is 7.03. The molecule has 0 radical (unpaired) electrons. The highest BCUT2D eigenvalue weighted by Gasteiger charge is 2.39. The van der Waals surface area contributed by atoms with E-state index in [9.17, 15) is 4.39 Å². The average molecular weight is 306 g/mol. The number of hydrogen-bond donors (Lipinski definition) is 0. The van der Waals surface area contributed by atoms with Gasteiger partial charge in [0.25, 0.3) is 0 Å². The van der Waals surface area contributed by atoms with Crippen LogP contribution in [0.1, 0.15) is 45.2 Å². The molecule has 2 fully saturated rings. The van der Waals surface area contributed by atoms with Crippen molar-refractivity contribution in [2.45, 2.75) is 46.0 Å². The molecule has 2 aliphatic heterocycles. The van der Waals surface area contributed by atoms with E-state index in [4.69, 9.17) is 0 Å². The first kappa shape index (κ1) is 15.7. The molecule has 0 bridgehead atoms. The van der Waals surface area contributed by atoms with Crippen LogP contribution in [0.4, 0.5) is 10.2 Å². The van der Waals surface area contributed by atoms with Gasteiger partial charge in [0.05, 0.1) is 5.69 Å². The molecule has 1 spiro atoms. The summed E-state index contributed by atoms with van der Waals surface area (Å²) in [6.45, 7) is 9.48. The third-order valence-electron chi connectivity index (χ3n) is 5.33. The van der Waals surface area contributed by atoms with Crippen LogP contribution in [0.2, 0.25) is 0 Å². The minimum atomic E-state index is -0.217. The Morgan fingerprint density at radius 2 is 1.91 bits per heavy atom. The molecule has 3 heterocycles. The highest BCUT2D eigenvalue weighted by molar-refractivity contribution is 5.42. The summed E-state index contributed by atoms with van der Waals surface area (Å²) in [5.41, 5.74) is 0.847. The number of hydrogen-bond acceptors (Lipinski definition) is 4. The maximum Gasteiger partial charge on any atom is 0.187 e. The topological polar surface area (TPSA) is 32.3 Å². The Morgan fingerprint density at radius 3 is 2.64 bits per heavy atom. The molecular weight excluding hydrogens is 279 g/mol. The molecule has 0 amide bonds. The Morgan fingerprint density at radius 1 is 1.14 bits per heavy atom. The molecule has 2 aliphatic rings. The fraction of sp³-hybridized carbons (Fsp3) is 0.765. The van der Waals surface area contributed by atoms with E-state index in [0.29, 0.717) is 23.3 Å². The van der Waals surface area contributed by atoms with E-state index in [0.717, 1.165) is 32.6 Å². The van der Waals surface area contributed by atoms with Crippen molar-refractivity contribution in [2.75, 3.05) is 37.6 Å². The monoisotopic (exact) mass is 306 g/mol. The SMILES string of the molecule is CCc1ncnc(N2CCCC3(CCCN(CC)C3)C2)c1F. The van der Waals surface area contributed by atoms with Crippen LogP contribution in [0.3, 0.4) is 0 Å². The Balaban J connectivity index is 1.81. The second-order valence-corrected chi connectivity index (χ2v) is 6.81. The Bertz CT molecular complexity index is 517. The van der Waals surface area contributed by atoms with Crippen molar-refractivity contribution >= 4 is 5.82 Å². The van der Waals surface area contributed by atoms with Crippen LogP contribution in [-0.2, 0) is 6.42 Å². The number of likely N-dealkylation sites (tertiary alicyclic amines) is 1. The van der Waals surface area contributed by atoms with Gasteiger partial charge in [-0.3, -0.25) is 0 Å². The van der Waals surface area contributed by atoms with Crippen LogP contribution < -0.4 is 4.90 Å². The third-order valence-corrected chi connectivity index (χ3v) is 5.33. The fourth-order valence-electron chi connectivity index (χ4n) is 4.16. The van der Waals surface area contributed by atoms with Gasteiger partial charge >= 0.3 is 0 Å². The molecule has 5 heteroatoms. The smallest absolute Gasteiger partial charge is 0.187 e. The van der Waals surface area contributed by atoms with Crippen molar-refractivity contribution in [1.82, 2.24) is 14.9 Å². The van der Waals surface area contributed by atoms with Crippen LogP contribution in [0, 0.1) is 11.2 Å². The van der Waals surface area contributed by atoms with Crippen molar-refractivity contribution in [2.24, 2.45) is 5.41 Å². The molecule has 0 aliphatic carbocycles. The number of nitrogens with zero attached hydrogens (tertiary/aromatic N) is 4. The highest BCUT2D eigenvalue weighted by Crippen LogP contribution is 2.39. The second kappa shape index (κ2) is 6.49. The minimum absolute atomic E-state index is 0.217. The molecule has 3 rings (SSSR count). The zero-order chi connectivity index (χ0) is 15.6. The zero-order valence-electron chi connectivity index (χ0n) is 13.8. The quantitative estimate of drug-likeness (QED) is 0.859. The van der Waals surface area contributed by atoms with Gasteiger partial charge in [-0.2, -0.15) is 0 Å². The second-order valence-electron chi connectivity index (χ2n) is 6.81. The van der Waals surface area contributed by atoms with Gasteiger partial charge in [0.15, 0.2) is 11.6 Å². The van der Waals surface area contributed by atoms with Gasteiger partial charge in [-0.1, -0.05) is 13.8 Å². The van der Waals surface area contributed by atoms with Gasteiger partial charge in [0, 0.05) is 25.0 Å². The van der Waals surface area contributed by atoms with E-state index in [1.165, 1.54) is 32.1 Å². The lowest BCUT2D eigenvalue weighted by atomic mass is 9.73. The van der Waals surface area contributed by atoms with Crippen molar-refractivity contribution in [3.05, 3.63) is 17.8 Å². The average Bonchev–Trinajstić information content (AvgIpc) is 2.55. The first-order valence-electron chi connectivity index (χ1n) is 8.64. The first-order chi connectivity index (χ1) is 10.7. The summed E-state index contributed by atoms with van der Waals surface area (Å²) in [7, 11) is 0. The predicted molar refractivity (Wildman–Crippen MR) is 86.6 cm³/mol. The maximum atomic E-state index is 14.6. The summed E-state index contributed by atoms with van der Waals surface area (Å²) >= 11 is 0. The molecule has 22 heavy (non-hydrogen) atoms. The molecule has 1 aromatic heterocycles. The molecule has 1 unspecified atom stereocenters. The normalized spacial score (nSPS) is 26.6. The number of piperidine rings is 2. The van der Waals surface area contributed by atoms with Gasteiger partial charge in [-0.15, -0.1) is 0 Å². The van der Waals surface area contributed by atoms with Gasteiger partial charge in [-0.05, 0) is 45.2 Å². The number of halogens is 1. The van der Waals surface area contributed by atoms with Gasteiger partial charge in [0.2, 0.25) is 0 Å². The van der Waals surface area contributed by atoms with Crippen molar-refractivity contribution in [3.8, 4) is 0 Å². The van der Waals surface area contributed by atoms with E-state index in [2.05, 4.69) is 26.7 Å². The standard InChI is InChI=1S/C17H27FN4/c1-3-14-15(18)16(20-13-19-14)22-10-6-8-17(12-22)7-5-9-21(4-2)11-17/h13H,3-12H2,1-2H3. The van der Waals surface area contributed by atoms with Crippen LogP contribution in [-0.4, -0.2) is 47.6 Å². The lowest BCUT2D eigenvalue weighted by Gasteiger charge is -2.48. The molecule has 0 saturated carbocycles. The first-order valence-corrected chi connectivity index (χ1v) is 8.64. The summed E-state index contributed by atoms with van der Waals surface area (Å²) in [6, 6.07) is 0. The van der Waals surface area contributed by atoms with Crippen LogP contribution in [0.5, 0.6) is 0 Å². The van der Waals surface area contributed by atoms with Gasteiger partial charge in [0.1, 0.15) is 6.33 Å². The van der Waals surface area contributed by atoms with E-state index >= 15 is 0 Å². The number of rotatable bonds is 3. The third kappa shape index (κ3) is 2.96. The van der Waals surface area contributed by atoms with Gasteiger partial charge in [-0.25, -0.2) is 14.4 Å². The van der Waals surface area contributed by atoms with E-state index < -0.39 is 0 Å². The minimum Gasteiger partial charge on any atom is -0.353 e. The van der Waals surface area contributed by atoms with E-state index in [1.807, 2.05) is 6.92 Å². The molecule has 2 saturated heterocycles. The number of aromatic nitrogens is 2. The maximum absolute atomic E-state index is 14.6. The zero-order valence-corrected chi connectivity index (χ0v) is 13.8. The Labute approximate surface area is 132 Å². The van der Waals surface area contributed by atoms with Crippen LogP contribution >= 0.6 is 0 Å². The summed E-state index contributed by atoms with van der Waals surface area (Å²) < 4.78 is 14.6. The molecule has 1 atom stereocenters. The fourth-order valence-corrected chi connectivity index (χ4v) is 4.16. The highest BCUT2D eigenvalue weighted by atomic mass is 19.1. The summed E-state index contributed by atoms with van der Waals surface area (Å²) in [5.74, 6) is 0.296. The van der Waals surface area contributed by atoms with Crippen LogP contribution in [0.25, 0.3) is 0 Å². The Hall–Kier alpha value is -1.23. The van der Waals surface area contributed by atoms with Crippen molar-refractivity contribution in [3.63, 3.8) is 0 Å². The van der Waals surface area contributed by atoms with E-state index in [1.54, 1.807) is 0 Å². The lowest BCUT2D eigenvalue weighted by molar-refractivity contribution is 0.0766. The number of aryl methyl sites for hydroxylation is 1. The van der Waals surface area contributed by atoms with Crippen molar-refractivity contribution in [1.29, 1.82) is 0 Å². The van der Waals surface area contributed by atoms with Crippen molar-refractivity contribution < 1.29 is 4.39 Å². The molecule has 1 aromatic rings. The lowest BCUT2D eigenvalue weighted by Crippen LogP contribution is -2.52. The van der Waals surface area contributed by atoms with Crippen LogP contribution in [0.15, 0.2) is 6.33 Å². The predicted octanol–water partition coefficient (Wildman–Crippen LogP) is 2.88. The summed E-state index contributed by atoms with van der Waals surface area (Å²) in [4.78, 5) is 13.0. The molecule has 122 valence electrons. The molecule has 0 aromatic carbocycles.